The average Bonchev–Trinajstić information content (AvgIpc) is 3.53. The summed E-state index contributed by atoms with van der Waals surface area (Å²) in [5.74, 6) is 0.223. The molecule has 0 N–H and O–H groups in total. The first-order valence-electron chi connectivity index (χ1n) is 11.9. The summed E-state index contributed by atoms with van der Waals surface area (Å²) in [6, 6.07) is 6.91. The molecule has 0 aliphatic carbocycles. The van der Waals surface area contributed by atoms with E-state index in [9.17, 15) is 13.2 Å². The van der Waals surface area contributed by atoms with Crippen molar-refractivity contribution in [1.82, 2.24) is 14.9 Å². The molecule has 2 aliphatic rings. The Balaban J connectivity index is 1.16. The molecule has 1 saturated heterocycles. The molecular formula is C25H22Cl3F3N4O2S. The number of halogens is 6. The van der Waals surface area contributed by atoms with Crippen LogP contribution in [0.2, 0.25) is 15.1 Å². The summed E-state index contributed by atoms with van der Waals surface area (Å²) in [4.78, 5) is 16.1. The molecule has 0 amide bonds. The van der Waals surface area contributed by atoms with E-state index in [4.69, 9.17) is 49.4 Å². The second-order valence-corrected chi connectivity index (χ2v) is 11.2. The normalized spacial score (nSPS) is 19.8. The minimum absolute atomic E-state index is 0.0435. The molecule has 0 saturated carbocycles. The number of hydrogen-bond acceptors (Lipinski definition) is 7. The Morgan fingerprint density at radius 2 is 1.82 bits per heavy atom. The molecular weight excluding hydrogens is 584 g/mol. The van der Waals surface area contributed by atoms with Gasteiger partial charge in [0.15, 0.2) is 12.3 Å². The Hall–Kier alpha value is -2.11. The topological polar surface area (TPSA) is 59.8 Å². The first-order valence-corrected chi connectivity index (χ1v) is 13.9. The average molecular weight is 606 g/mol. The molecule has 4 heterocycles. The van der Waals surface area contributed by atoms with Crippen molar-refractivity contribution < 1.29 is 22.7 Å². The summed E-state index contributed by atoms with van der Waals surface area (Å²) in [6.45, 7) is 3.26. The van der Waals surface area contributed by atoms with Crippen LogP contribution in [0, 0.1) is 0 Å². The molecule has 38 heavy (non-hydrogen) atoms. The molecule has 6 nitrogen and oxygen atoms in total. The van der Waals surface area contributed by atoms with Gasteiger partial charge < -0.3 is 9.57 Å². The van der Waals surface area contributed by atoms with Gasteiger partial charge in [0.1, 0.15) is 11.4 Å². The summed E-state index contributed by atoms with van der Waals surface area (Å²) in [7, 11) is 0. The van der Waals surface area contributed by atoms with Gasteiger partial charge in [-0.15, -0.1) is 11.3 Å². The number of hydrogen-bond donors (Lipinski definition) is 0. The third kappa shape index (κ3) is 6.04. The second kappa shape index (κ2) is 11.2. The fraction of sp³-hybridized carbons (Fsp3) is 0.400. The molecule has 1 fully saturated rings. The van der Waals surface area contributed by atoms with Crippen LogP contribution in [0.1, 0.15) is 60.2 Å². The van der Waals surface area contributed by atoms with E-state index in [1.165, 1.54) is 12.1 Å². The van der Waals surface area contributed by atoms with Gasteiger partial charge in [0.2, 0.25) is 5.88 Å². The van der Waals surface area contributed by atoms with Gasteiger partial charge in [-0.2, -0.15) is 13.2 Å². The van der Waals surface area contributed by atoms with E-state index in [1.54, 1.807) is 23.5 Å². The molecule has 0 radical (unpaired) electrons. The number of rotatable bonds is 6. The maximum atomic E-state index is 12.9. The minimum Gasteiger partial charge on any atom is -0.459 e. The Morgan fingerprint density at radius 3 is 2.50 bits per heavy atom. The smallest absolute Gasteiger partial charge is 0.433 e. The number of oxime groups is 1. The van der Waals surface area contributed by atoms with Gasteiger partial charge in [0, 0.05) is 47.5 Å². The molecule has 3 aromatic rings. The summed E-state index contributed by atoms with van der Waals surface area (Å²) in [5.41, 5.74) is 1.18. The van der Waals surface area contributed by atoms with E-state index in [0.717, 1.165) is 48.4 Å². The van der Waals surface area contributed by atoms with Gasteiger partial charge in [0.05, 0.1) is 20.7 Å². The minimum atomic E-state index is -4.51. The fourth-order valence-corrected chi connectivity index (χ4v) is 6.61. The van der Waals surface area contributed by atoms with Gasteiger partial charge in [0.25, 0.3) is 0 Å². The van der Waals surface area contributed by atoms with Crippen molar-refractivity contribution in [3.8, 4) is 5.88 Å². The van der Waals surface area contributed by atoms with E-state index in [1.807, 2.05) is 12.3 Å². The van der Waals surface area contributed by atoms with Crippen molar-refractivity contribution in [3.05, 3.63) is 72.7 Å². The number of benzene rings is 1. The van der Waals surface area contributed by atoms with E-state index in [0.29, 0.717) is 27.1 Å². The van der Waals surface area contributed by atoms with Crippen LogP contribution in [-0.4, -0.2) is 39.9 Å². The molecule has 1 aromatic carbocycles. The highest BCUT2D eigenvalue weighted by molar-refractivity contribution is 7.10. The lowest BCUT2D eigenvalue weighted by Gasteiger charge is -2.35. The zero-order chi connectivity index (χ0) is 27.0. The largest absolute Gasteiger partial charge is 0.459 e. The lowest BCUT2D eigenvalue weighted by atomic mass is 9.97. The maximum Gasteiger partial charge on any atom is 0.433 e. The Kier molecular flexibility index (Phi) is 8.07. The molecule has 2 aliphatic heterocycles. The van der Waals surface area contributed by atoms with Gasteiger partial charge >= 0.3 is 6.18 Å². The lowest BCUT2D eigenvalue weighted by Crippen LogP contribution is -2.42. The van der Waals surface area contributed by atoms with Crippen LogP contribution >= 0.6 is 46.1 Å². The number of likely N-dealkylation sites (tertiary alicyclic amines) is 1. The Labute approximate surface area is 236 Å². The lowest BCUT2D eigenvalue weighted by molar-refractivity contribution is -0.141. The number of alkyl halides is 3. The highest BCUT2D eigenvalue weighted by Crippen LogP contribution is 2.40. The first-order chi connectivity index (χ1) is 18.1. The Morgan fingerprint density at radius 1 is 1.11 bits per heavy atom. The quantitative estimate of drug-likeness (QED) is 0.285. The predicted octanol–water partition coefficient (Wildman–Crippen LogP) is 7.99. The van der Waals surface area contributed by atoms with Crippen LogP contribution in [0.15, 0.2) is 40.9 Å². The zero-order valence-electron chi connectivity index (χ0n) is 20.0. The number of pyridine rings is 1. The van der Waals surface area contributed by atoms with Gasteiger partial charge in [-0.05, 0) is 38.0 Å². The van der Waals surface area contributed by atoms with E-state index < -0.39 is 24.2 Å². The monoisotopic (exact) mass is 604 g/mol. The highest BCUT2D eigenvalue weighted by Gasteiger charge is 2.34. The third-order valence-electron chi connectivity index (χ3n) is 6.55. The zero-order valence-corrected chi connectivity index (χ0v) is 23.1. The van der Waals surface area contributed by atoms with Crippen LogP contribution in [0.25, 0.3) is 0 Å². The second-order valence-electron chi connectivity index (χ2n) is 9.08. The van der Waals surface area contributed by atoms with Gasteiger partial charge in [-0.1, -0.05) is 46.0 Å². The molecule has 2 unspecified atom stereocenters. The van der Waals surface area contributed by atoms with Gasteiger partial charge in [-0.3, -0.25) is 4.90 Å². The molecule has 0 spiro atoms. The van der Waals surface area contributed by atoms with Crippen molar-refractivity contribution in [2.45, 2.75) is 50.6 Å². The van der Waals surface area contributed by atoms with Crippen LogP contribution in [0.4, 0.5) is 13.2 Å². The molecule has 5 rings (SSSR count). The molecule has 13 heteroatoms. The SMILES string of the molecule is CC(Oc1cccc(C(F)(F)F)n1)N1CCC(c2nc(C3=NOC(c4c(Cl)cc(Cl)cc4Cl)C3)cs2)CC1. The van der Waals surface area contributed by atoms with E-state index in [-0.39, 0.29) is 11.8 Å². The van der Waals surface area contributed by atoms with E-state index in [2.05, 4.69) is 15.0 Å². The summed E-state index contributed by atoms with van der Waals surface area (Å²) in [6.07, 6.45) is -3.16. The number of thiazole rings is 1. The van der Waals surface area contributed by atoms with Crippen molar-refractivity contribution in [2.75, 3.05) is 13.1 Å². The van der Waals surface area contributed by atoms with Crippen molar-refractivity contribution in [1.29, 1.82) is 0 Å². The maximum absolute atomic E-state index is 12.9. The standard InChI is InChI=1S/C25H22Cl3F3N4O2S/c1-13(36-22-4-2-3-21(33-22)25(29,30)31)35-7-5-14(6-8-35)24-32-19(12-38-24)18-11-20(37-34-18)23-16(27)9-15(26)10-17(23)28/h2-4,9-10,12-14,20H,5-8,11H2,1H3. The number of nitrogens with zero attached hydrogens (tertiary/aromatic N) is 4. The van der Waals surface area contributed by atoms with Gasteiger partial charge in [-0.25, -0.2) is 9.97 Å². The molecule has 202 valence electrons. The predicted molar refractivity (Wildman–Crippen MR) is 141 cm³/mol. The third-order valence-corrected chi connectivity index (χ3v) is 8.40. The molecule has 0 bridgehead atoms. The summed E-state index contributed by atoms with van der Waals surface area (Å²) in [5, 5.41) is 8.53. The number of piperidine rings is 1. The summed E-state index contributed by atoms with van der Waals surface area (Å²) >= 11 is 20.3. The van der Waals surface area contributed by atoms with Crippen LogP contribution in [0.5, 0.6) is 5.88 Å². The van der Waals surface area contributed by atoms with Crippen LogP contribution < -0.4 is 4.74 Å². The van der Waals surface area contributed by atoms with Crippen molar-refractivity contribution in [3.63, 3.8) is 0 Å². The Bertz CT molecular complexity index is 1320. The number of ether oxygens (including phenoxy) is 1. The highest BCUT2D eigenvalue weighted by atomic mass is 35.5. The van der Waals surface area contributed by atoms with Crippen molar-refractivity contribution >= 4 is 51.9 Å². The molecule has 2 aromatic heterocycles. The first kappa shape index (κ1) is 27.5. The van der Waals surface area contributed by atoms with E-state index >= 15 is 0 Å². The molecule has 2 atom stereocenters. The summed E-state index contributed by atoms with van der Waals surface area (Å²) < 4.78 is 44.6. The van der Waals surface area contributed by atoms with Crippen LogP contribution in [0.3, 0.4) is 0 Å². The van der Waals surface area contributed by atoms with Crippen molar-refractivity contribution in [2.24, 2.45) is 5.16 Å². The van der Waals surface area contributed by atoms with Crippen LogP contribution in [-0.2, 0) is 11.0 Å². The number of aromatic nitrogens is 2. The fourth-order valence-electron chi connectivity index (χ4n) is 4.55.